The predicted octanol–water partition coefficient (Wildman–Crippen LogP) is 2.61. The summed E-state index contributed by atoms with van der Waals surface area (Å²) < 4.78 is 33.9. The lowest BCUT2D eigenvalue weighted by molar-refractivity contribution is -0.116. The van der Waals surface area contributed by atoms with Crippen molar-refractivity contribution in [3.8, 4) is 11.5 Å². The normalized spacial score (nSPS) is 12.4. The summed E-state index contributed by atoms with van der Waals surface area (Å²) in [5.74, 6) is -0.0978. The predicted molar refractivity (Wildman–Crippen MR) is 75.7 cm³/mol. The van der Waals surface area contributed by atoms with Gasteiger partial charge in [-0.2, -0.15) is 8.78 Å². The molecule has 0 heterocycles. The highest BCUT2D eigenvalue weighted by Gasteiger charge is 2.15. The average molecular weight is 302 g/mol. The van der Waals surface area contributed by atoms with E-state index in [1.165, 1.54) is 25.3 Å². The van der Waals surface area contributed by atoms with E-state index in [0.717, 1.165) is 0 Å². The number of carbonyl (C=O) groups excluding carboxylic acids is 1. The molecule has 0 radical (unpaired) electrons. The minimum Gasteiger partial charge on any atom is -0.493 e. The zero-order valence-electron chi connectivity index (χ0n) is 12.2. The molecule has 1 rings (SSSR count). The molecule has 3 N–H and O–H groups in total. The average Bonchev–Trinajstić information content (AvgIpc) is 2.38. The van der Waals surface area contributed by atoms with Gasteiger partial charge in [0, 0.05) is 24.2 Å². The van der Waals surface area contributed by atoms with Crippen molar-refractivity contribution in [3.05, 3.63) is 18.2 Å². The number of hydrogen-bond donors (Lipinski definition) is 2. The maximum absolute atomic E-state index is 12.3. The first-order valence-electron chi connectivity index (χ1n) is 6.51. The Morgan fingerprint density at radius 1 is 1.33 bits per heavy atom. The highest BCUT2D eigenvalue weighted by atomic mass is 19.3. The molecule has 118 valence electrons. The highest BCUT2D eigenvalue weighted by molar-refractivity contribution is 5.91. The molecule has 1 aromatic rings. The number of nitrogens with two attached hydrogens (primary N) is 1. The van der Waals surface area contributed by atoms with Crippen molar-refractivity contribution >= 4 is 11.6 Å². The van der Waals surface area contributed by atoms with Gasteiger partial charge in [-0.1, -0.05) is 13.8 Å². The molecular weight excluding hydrogens is 282 g/mol. The standard InChI is InChI=1S/C14H20F2N2O3/c1-8(2)10(17)7-13(19)18-9-4-5-11(20-3)12(6-9)21-14(15)16/h4-6,8,10,14H,7,17H2,1-3H3,(H,18,19). The van der Waals surface area contributed by atoms with E-state index < -0.39 is 6.61 Å². The Kier molecular flexibility index (Phi) is 6.36. The van der Waals surface area contributed by atoms with Crippen LogP contribution in [0, 0.1) is 5.92 Å². The van der Waals surface area contributed by atoms with Gasteiger partial charge in [0.25, 0.3) is 0 Å². The van der Waals surface area contributed by atoms with Gasteiger partial charge in [-0.25, -0.2) is 0 Å². The van der Waals surface area contributed by atoms with Gasteiger partial charge >= 0.3 is 6.61 Å². The molecule has 21 heavy (non-hydrogen) atoms. The van der Waals surface area contributed by atoms with Crippen molar-refractivity contribution in [3.63, 3.8) is 0 Å². The molecule has 1 amide bonds. The second kappa shape index (κ2) is 7.78. The Hall–Kier alpha value is -1.89. The molecule has 0 aromatic heterocycles. The van der Waals surface area contributed by atoms with E-state index in [-0.39, 0.29) is 35.8 Å². The summed E-state index contributed by atoms with van der Waals surface area (Å²) in [6.07, 6.45) is 0.148. The summed E-state index contributed by atoms with van der Waals surface area (Å²) >= 11 is 0. The molecule has 0 saturated carbocycles. The number of amides is 1. The Labute approximate surface area is 122 Å². The third-order valence-electron chi connectivity index (χ3n) is 2.94. The van der Waals surface area contributed by atoms with Crippen molar-refractivity contribution in [2.24, 2.45) is 11.7 Å². The third kappa shape index (κ3) is 5.55. The number of halogens is 2. The van der Waals surface area contributed by atoms with Gasteiger partial charge in [-0.05, 0) is 18.1 Å². The Balaban J connectivity index is 2.77. The summed E-state index contributed by atoms with van der Waals surface area (Å²) in [5, 5.41) is 2.59. The third-order valence-corrected chi connectivity index (χ3v) is 2.94. The van der Waals surface area contributed by atoms with Gasteiger partial charge in [-0.3, -0.25) is 4.79 Å². The monoisotopic (exact) mass is 302 g/mol. The molecule has 1 atom stereocenters. The number of anilines is 1. The van der Waals surface area contributed by atoms with Gasteiger partial charge in [-0.15, -0.1) is 0 Å². The first kappa shape index (κ1) is 17.2. The molecule has 0 aliphatic heterocycles. The fraction of sp³-hybridized carbons (Fsp3) is 0.500. The number of nitrogens with one attached hydrogen (secondary N) is 1. The summed E-state index contributed by atoms with van der Waals surface area (Å²) in [7, 11) is 1.34. The maximum Gasteiger partial charge on any atom is 0.387 e. The van der Waals surface area contributed by atoms with Crippen molar-refractivity contribution in [2.75, 3.05) is 12.4 Å². The zero-order valence-corrected chi connectivity index (χ0v) is 12.2. The molecule has 5 nitrogen and oxygen atoms in total. The van der Waals surface area contributed by atoms with Gasteiger partial charge in [0.15, 0.2) is 11.5 Å². The lowest BCUT2D eigenvalue weighted by atomic mass is 10.0. The number of benzene rings is 1. The molecular formula is C14H20F2N2O3. The Bertz CT molecular complexity index is 481. The number of ether oxygens (including phenoxy) is 2. The summed E-state index contributed by atoms with van der Waals surface area (Å²) in [5.41, 5.74) is 6.15. The quantitative estimate of drug-likeness (QED) is 0.812. The number of alkyl halides is 2. The summed E-state index contributed by atoms with van der Waals surface area (Å²) in [6, 6.07) is 4.00. The fourth-order valence-corrected chi connectivity index (χ4v) is 1.60. The number of rotatable bonds is 7. The van der Waals surface area contributed by atoms with Crippen molar-refractivity contribution in [2.45, 2.75) is 32.9 Å². The SMILES string of the molecule is COc1ccc(NC(=O)CC(N)C(C)C)cc1OC(F)F. The van der Waals surface area contributed by atoms with Crippen LogP contribution in [0.15, 0.2) is 18.2 Å². The minimum absolute atomic E-state index is 0.140. The molecule has 0 aliphatic carbocycles. The van der Waals surface area contributed by atoms with Crippen LogP contribution in [-0.4, -0.2) is 25.7 Å². The molecule has 0 bridgehead atoms. The minimum atomic E-state index is -2.97. The van der Waals surface area contributed by atoms with E-state index in [1.54, 1.807) is 0 Å². The summed E-state index contributed by atoms with van der Waals surface area (Å²) in [6.45, 7) is 0.860. The smallest absolute Gasteiger partial charge is 0.387 e. The van der Waals surface area contributed by atoms with E-state index in [2.05, 4.69) is 10.1 Å². The van der Waals surface area contributed by atoms with Gasteiger partial charge in [0.1, 0.15) is 0 Å². The van der Waals surface area contributed by atoms with Crippen LogP contribution in [0.5, 0.6) is 11.5 Å². The Morgan fingerprint density at radius 2 is 2.00 bits per heavy atom. The highest BCUT2D eigenvalue weighted by Crippen LogP contribution is 2.31. The molecule has 0 fully saturated rings. The second-order valence-corrected chi connectivity index (χ2v) is 4.90. The van der Waals surface area contributed by atoms with Crippen molar-refractivity contribution in [1.29, 1.82) is 0 Å². The van der Waals surface area contributed by atoms with Crippen LogP contribution in [0.2, 0.25) is 0 Å². The van der Waals surface area contributed by atoms with E-state index in [4.69, 9.17) is 10.5 Å². The van der Waals surface area contributed by atoms with Crippen LogP contribution in [0.4, 0.5) is 14.5 Å². The Morgan fingerprint density at radius 3 is 2.52 bits per heavy atom. The van der Waals surface area contributed by atoms with Crippen molar-refractivity contribution < 1.29 is 23.0 Å². The molecule has 7 heteroatoms. The van der Waals surface area contributed by atoms with Gasteiger partial charge in [0.05, 0.1) is 7.11 Å². The zero-order chi connectivity index (χ0) is 16.0. The van der Waals surface area contributed by atoms with Crippen LogP contribution in [0.1, 0.15) is 20.3 Å². The largest absolute Gasteiger partial charge is 0.493 e. The fourth-order valence-electron chi connectivity index (χ4n) is 1.60. The first-order valence-corrected chi connectivity index (χ1v) is 6.51. The van der Waals surface area contributed by atoms with Crippen molar-refractivity contribution in [1.82, 2.24) is 0 Å². The van der Waals surface area contributed by atoms with E-state index in [9.17, 15) is 13.6 Å². The van der Waals surface area contributed by atoms with E-state index in [1.807, 2.05) is 13.8 Å². The molecule has 0 saturated heterocycles. The molecule has 1 aromatic carbocycles. The summed E-state index contributed by atoms with van der Waals surface area (Å²) in [4.78, 5) is 11.8. The van der Waals surface area contributed by atoms with E-state index in [0.29, 0.717) is 5.69 Å². The van der Waals surface area contributed by atoms with Crippen LogP contribution < -0.4 is 20.5 Å². The van der Waals surface area contributed by atoms with Crippen LogP contribution in [-0.2, 0) is 4.79 Å². The van der Waals surface area contributed by atoms with Crippen LogP contribution in [0.25, 0.3) is 0 Å². The van der Waals surface area contributed by atoms with Gasteiger partial charge in [0.2, 0.25) is 5.91 Å². The topological polar surface area (TPSA) is 73.6 Å². The molecule has 0 spiro atoms. The molecule has 0 aliphatic rings. The maximum atomic E-state index is 12.3. The molecule has 1 unspecified atom stereocenters. The lowest BCUT2D eigenvalue weighted by Gasteiger charge is -2.16. The second-order valence-electron chi connectivity index (χ2n) is 4.90. The number of hydrogen-bond acceptors (Lipinski definition) is 4. The van der Waals surface area contributed by atoms with Gasteiger partial charge < -0.3 is 20.5 Å². The number of methoxy groups -OCH3 is 1. The first-order chi connectivity index (χ1) is 9.83. The van der Waals surface area contributed by atoms with E-state index >= 15 is 0 Å². The van der Waals surface area contributed by atoms with Crippen LogP contribution >= 0.6 is 0 Å². The number of carbonyl (C=O) groups is 1. The van der Waals surface area contributed by atoms with Crippen LogP contribution in [0.3, 0.4) is 0 Å². The lowest BCUT2D eigenvalue weighted by Crippen LogP contribution is -2.31.